The molecular weight excluding hydrogens is 246 g/mol. The normalized spacial score (nSPS) is 16.7. The fraction of sp³-hybridized carbons (Fsp3) is 0.833. The maximum Gasteiger partial charge on any atom is 0.311 e. The van der Waals surface area contributed by atoms with Crippen molar-refractivity contribution in [3.63, 3.8) is 0 Å². The zero-order chi connectivity index (χ0) is 14.3. The van der Waals surface area contributed by atoms with Crippen LogP contribution in [0.3, 0.4) is 0 Å². The van der Waals surface area contributed by atoms with Crippen LogP contribution in [0.25, 0.3) is 0 Å². The standard InChI is InChI=1S/C12H25N5O2/c1-15(2)6-4-14-11(18)12(19)17-9-7-16(5-3-13)8-10-17/h3-10,13H2,1-2H3,(H,14,18). The van der Waals surface area contributed by atoms with E-state index in [1.165, 1.54) is 0 Å². The molecule has 0 spiro atoms. The molecule has 0 atom stereocenters. The molecule has 1 aliphatic heterocycles. The lowest BCUT2D eigenvalue weighted by Crippen LogP contribution is -2.53. The Morgan fingerprint density at radius 3 is 2.37 bits per heavy atom. The highest BCUT2D eigenvalue weighted by atomic mass is 16.2. The van der Waals surface area contributed by atoms with Gasteiger partial charge in [-0.25, -0.2) is 0 Å². The molecule has 1 saturated heterocycles. The highest BCUT2D eigenvalue weighted by molar-refractivity contribution is 6.35. The van der Waals surface area contributed by atoms with Gasteiger partial charge >= 0.3 is 11.8 Å². The van der Waals surface area contributed by atoms with Crippen LogP contribution in [0, 0.1) is 0 Å². The molecule has 0 aliphatic carbocycles. The van der Waals surface area contributed by atoms with Crippen LogP contribution in [0.15, 0.2) is 0 Å². The minimum absolute atomic E-state index is 0.425. The zero-order valence-electron chi connectivity index (χ0n) is 11.9. The van der Waals surface area contributed by atoms with Gasteiger partial charge in [-0.15, -0.1) is 0 Å². The van der Waals surface area contributed by atoms with Crippen LogP contribution in [0.5, 0.6) is 0 Å². The van der Waals surface area contributed by atoms with Gasteiger partial charge < -0.3 is 20.9 Å². The quantitative estimate of drug-likeness (QED) is 0.553. The summed E-state index contributed by atoms with van der Waals surface area (Å²) < 4.78 is 0. The molecule has 7 nitrogen and oxygen atoms in total. The van der Waals surface area contributed by atoms with Crippen molar-refractivity contribution in [1.82, 2.24) is 20.0 Å². The van der Waals surface area contributed by atoms with Crippen LogP contribution in [0.4, 0.5) is 0 Å². The summed E-state index contributed by atoms with van der Waals surface area (Å²) in [6.07, 6.45) is 0. The lowest BCUT2D eigenvalue weighted by Gasteiger charge is -2.34. The maximum atomic E-state index is 11.9. The van der Waals surface area contributed by atoms with Crippen LogP contribution in [0.1, 0.15) is 0 Å². The average Bonchev–Trinajstić information content (AvgIpc) is 2.38. The third-order valence-corrected chi connectivity index (χ3v) is 3.14. The zero-order valence-corrected chi connectivity index (χ0v) is 11.9. The van der Waals surface area contributed by atoms with Gasteiger partial charge in [0.05, 0.1) is 0 Å². The van der Waals surface area contributed by atoms with Gasteiger partial charge in [0.15, 0.2) is 0 Å². The van der Waals surface area contributed by atoms with Gasteiger partial charge in [-0.05, 0) is 14.1 Å². The third-order valence-electron chi connectivity index (χ3n) is 3.14. The summed E-state index contributed by atoms with van der Waals surface area (Å²) in [6, 6.07) is 0. The smallest absolute Gasteiger partial charge is 0.311 e. The lowest BCUT2D eigenvalue weighted by molar-refractivity contribution is -0.147. The van der Waals surface area contributed by atoms with Crippen molar-refractivity contribution in [1.29, 1.82) is 0 Å². The molecular formula is C12H25N5O2. The first-order chi connectivity index (χ1) is 9.04. The summed E-state index contributed by atoms with van der Waals surface area (Å²) in [5.74, 6) is -0.930. The molecule has 0 aromatic carbocycles. The van der Waals surface area contributed by atoms with Crippen LogP contribution in [-0.2, 0) is 9.59 Å². The van der Waals surface area contributed by atoms with E-state index in [0.29, 0.717) is 26.2 Å². The van der Waals surface area contributed by atoms with Gasteiger partial charge in [-0.2, -0.15) is 0 Å². The van der Waals surface area contributed by atoms with E-state index in [0.717, 1.165) is 26.2 Å². The number of hydrogen-bond acceptors (Lipinski definition) is 5. The summed E-state index contributed by atoms with van der Waals surface area (Å²) in [4.78, 5) is 29.3. The first-order valence-corrected chi connectivity index (χ1v) is 6.69. The molecule has 0 aromatic heterocycles. The van der Waals surface area contributed by atoms with Crippen LogP contribution in [-0.4, -0.2) is 93.0 Å². The van der Waals surface area contributed by atoms with Crippen molar-refractivity contribution in [3.8, 4) is 0 Å². The molecule has 0 unspecified atom stereocenters. The molecule has 1 rings (SSSR count). The molecule has 3 N–H and O–H groups in total. The van der Waals surface area contributed by atoms with Gasteiger partial charge in [0, 0.05) is 52.4 Å². The van der Waals surface area contributed by atoms with Crippen LogP contribution < -0.4 is 11.1 Å². The number of hydrogen-bond donors (Lipinski definition) is 2. The Balaban J connectivity index is 2.28. The van der Waals surface area contributed by atoms with E-state index >= 15 is 0 Å². The highest BCUT2D eigenvalue weighted by Crippen LogP contribution is 2.01. The molecule has 110 valence electrons. The number of likely N-dealkylation sites (N-methyl/N-ethyl adjacent to an activating group) is 1. The first-order valence-electron chi connectivity index (χ1n) is 6.69. The minimum atomic E-state index is -0.505. The Morgan fingerprint density at radius 2 is 1.84 bits per heavy atom. The van der Waals surface area contributed by atoms with Gasteiger partial charge in [0.25, 0.3) is 0 Å². The van der Waals surface area contributed by atoms with Gasteiger partial charge in [-0.1, -0.05) is 0 Å². The Labute approximate surface area is 114 Å². The number of piperazine rings is 1. The minimum Gasteiger partial charge on any atom is -0.347 e. The number of rotatable bonds is 5. The predicted molar refractivity (Wildman–Crippen MR) is 73.6 cm³/mol. The van der Waals surface area contributed by atoms with Crippen molar-refractivity contribution in [2.24, 2.45) is 5.73 Å². The number of carbonyl (C=O) groups is 2. The van der Waals surface area contributed by atoms with E-state index in [2.05, 4.69) is 10.2 Å². The molecule has 1 fully saturated rings. The summed E-state index contributed by atoms with van der Waals surface area (Å²) >= 11 is 0. The van der Waals surface area contributed by atoms with E-state index in [4.69, 9.17) is 5.73 Å². The number of nitrogens with two attached hydrogens (primary N) is 1. The van der Waals surface area contributed by atoms with E-state index in [1.54, 1.807) is 4.90 Å². The molecule has 7 heteroatoms. The van der Waals surface area contributed by atoms with E-state index in [-0.39, 0.29) is 0 Å². The second kappa shape index (κ2) is 8.08. The van der Waals surface area contributed by atoms with Gasteiger partial charge in [-0.3, -0.25) is 14.5 Å². The third kappa shape index (κ3) is 5.54. The van der Waals surface area contributed by atoms with Crippen molar-refractivity contribution in [2.45, 2.75) is 0 Å². The molecule has 0 radical (unpaired) electrons. The summed E-state index contributed by atoms with van der Waals surface area (Å²) in [7, 11) is 3.84. The van der Waals surface area contributed by atoms with E-state index in [1.807, 2.05) is 19.0 Å². The summed E-state index contributed by atoms with van der Waals surface area (Å²) in [5.41, 5.74) is 5.49. The summed E-state index contributed by atoms with van der Waals surface area (Å²) in [6.45, 7) is 5.45. The second-order valence-corrected chi connectivity index (χ2v) is 4.98. The molecule has 0 bridgehead atoms. The van der Waals surface area contributed by atoms with Crippen molar-refractivity contribution in [2.75, 3.05) is 66.5 Å². The molecule has 19 heavy (non-hydrogen) atoms. The number of carbonyl (C=O) groups excluding carboxylic acids is 2. The Morgan fingerprint density at radius 1 is 1.21 bits per heavy atom. The van der Waals surface area contributed by atoms with Crippen molar-refractivity contribution in [3.05, 3.63) is 0 Å². The fourth-order valence-electron chi connectivity index (χ4n) is 1.97. The lowest BCUT2D eigenvalue weighted by atomic mass is 10.3. The largest absolute Gasteiger partial charge is 0.347 e. The highest BCUT2D eigenvalue weighted by Gasteiger charge is 2.25. The first kappa shape index (κ1) is 15.9. The van der Waals surface area contributed by atoms with Crippen LogP contribution in [0.2, 0.25) is 0 Å². The molecule has 0 aromatic rings. The topological polar surface area (TPSA) is 81.9 Å². The second-order valence-electron chi connectivity index (χ2n) is 4.98. The summed E-state index contributed by atoms with van der Waals surface area (Å²) in [5, 5.41) is 2.64. The predicted octanol–water partition coefficient (Wildman–Crippen LogP) is -2.23. The monoisotopic (exact) mass is 271 g/mol. The van der Waals surface area contributed by atoms with E-state index < -0.39 is 11.8 Å². The SMILES string of the molecule is CN(C)CCNC(=O)C(=O)N1CCN(CCN)CC1. The van der Waals surface area contributed by atoms with Gasteiger partial charge in [0.2, 0.25) is 0 Å². The van der Waals surface area contributed by atoms with Gasteiger partial charge in [0.1, 0.15) is 0 Å². The Kier molecular flexibility index (Phi) is 6.75. The van der Waals surface area contributed by atoms with E-state index in [9.17, 15) is 9.59 Å². The van der Waals surface area contributed by atoms with Crippen molar-refractivity contribution >= 4 is 11.8 Å². The Bertz CT molecular complexity index is 300. The fourth-order valence-corrected chi connectivity index (χ4v) is 1.97. The number of nitrogens with zero attached hydrogens (tertiary/aromatic N) is 3. The van der Waals surface area contributed by atoms with Crippen molar-refractivity contribution < 1.29 is 9.59 Å². The van der Waals surface area contributed by atoms with Crippen LogP contribution >= 0.6 is 0 Å². The Hall–Kier alpha value is -1.18. The number of amides is 2. The molecule has 1 aliphatic rings. The molecule has 1 heterocycles. The maximum absolute atomic E-state index is 11.9. The number of nitrogens with one attached hydrogen (secondary N) is 1. The molecule has 0 saturated carbocycles. The average molecular weight is 271 g/mol. The molecule has 2 amide bonds.